The second-order valence-electron chi connectivity index (χ2n) is 6.82. The minimum Gasteiger partial charge on any atom is -0.355 e. The third kappa shape index (κ3) is 3.26. The maximum Gasteiger partial charge on any atom is 0.282 e. The van der Waals surface area contributed by atoms with Crippen LogP contribution < -0.4 is 4.90 Å². The Bertz CT molecular complexity index is 897. The fourth-order valence-corrected chi connectivity index (χ4v) is 5.43. The van der Waals surface area contributed by atoms with Crippen molar-refractivity contribution in [2.45, 2.75) is 26.2 Å². The van der Waals surface area contributed by atoms with Gasteiger partial charge in [0, 0.05) is 45.5 Å². The Morgan fingerprint density at radius 2 is 1.65 bits per heavy atom. The lowest BCUT2D eigenvalue weighted by molar-refractivity contribution is 0.373. The first-order valence-electron chi connectivity index (χ1n) is 9.15. The van der Waals surface area contributed by atoms with Crippen LogP contribution in [0.2, 0.25) is 0 Å². The summed E-state index contributed by atoms with van der Waals surface area (Å²) in [5.41, 5.74) is 0.681. The van der Waals surface area contributed by atoms with Gasteiger partial charge in [-0.2, -0.15) is 17.0 Å². The van der Waals surface area contributed by atoms with Crippen molar-refractivity contribution in [2.75, 3.05) is 44.2 Å². The number of nitrogens with zero attached hydrogens (tertiary/aromatic N) is 6. The molecule has 2 aromatic heterocycles. The van der Waals surface area contributed by atoms with E-state index in [1.165, 1.54) is 0 Å². The molecule has 0 N–H and O–H groups in total. The summed E-state index contributed by atoms with van der Waals surface area (Å²) >= 11 is 0. The van der Waals surface area contributed by atoms with Gasteiger partial charge in [-0.05, 0) is 38.3 Å². The Kier molecular flexibility index (Phi) is 4.76. The topological polar surface area (TPSA) is 82.5 Å². The molecule has 0 radical (unpaired) electrons. The highest BCUT2D eigenvalue weighted by Crippen LogP contribution is 2.25. The van der Waals surface area contributed by atoms with Gasteiger partial charge in [-0.3, -0.25) is 0 Å². The quantitative estimate of drug-likeness (QED) is 0.800. The second kappa shape index (κ2) is 7.05. The monoisotopic (exact) mass is 376 g/mol. The van der Waals surface area contributed by atoms with Gasteiger partial charge < -0.3 is 4.90 Å². The van der Waals surface area contributed by atoms with Gasteiger partial charge in [0.05, 0.1) is 5.39 Å². The van der Waals surface area contributed by atoms with Gasteiger partial charge in [-0.25, -0.2) is 15.0 Å². The summed E-state index contributed by atoms with van der Waals surface area (Å²) in [5, 5.41) is 0.911. The van der Waals surface area contributed by atoms with Crippen LogP contribution in [0.15, 0.2) is 18.3 Å². The molecule has 2 fully saturated rings. The molecule has 0 amide bonds. The maximum absolute atomic E-state index is 12.8. The zero-order valence-corrected chi connectivity index (χ0v) is 15.8. The Hall–Kier alpha value is -1.84. The Morgan fingerprint density at radius 1 is 0.923 bits per heavy atom. The Morgan fingerprint density at radius 3 is 2.46 bits per heavy atom. The summed E-state index contributed by atoms with van der Waals surface area (Å²) in [6.07, 6.45) is 4.42. The minimum atomic E-state index is -3.35. The van der Waals surface area contributed by atoms with Gasteiger partial charge in [0.25, 0.3) is 10.2 Å². The average molecular weight is 376 g/mol. The Labute approximate surface area is 154 Å². The van der Waals surface area contributed by atoms with Crippen LogP contribution in [-0.2, 0) is 10.2 Å². The molecular weight excluding hydrogens is 352 g/mol. The van der Waals surface area contributed by atoms with E-state index in [2.05, 4.69) is 19.9 Å². The molecule has 2 aliphatic rings. The number of anilines is 1. The molecule has 0 aliphatic carbocycles. The lowest BCUT2D eigenvalue weighted by atomic mass is 10.2. The molecule has 8 nitrogen and oxygen atoms in total. The minimum absolute atomic E-state index is 0.476. The molecular formula is C17H24N6O2S. The maximum atomic E-state index is 12.8. The van der Waals surface area contributed by atoms with Gasteiger partial charge in [-0.15, -0.1) is 0 Å². The van der Waals surface area contributed by atoms with Gasteiger partial charge in [0.1, 0.15) is 11.6 Å². The first-order chi connectivity index (χ1) is 12.6. The molecule has 4 heterocycles. The van der Waals surface area contributed by atoms with Crippen LogP contribution in [0.1, 0.15) is 25.1 Å². The SMILES string of the molecule is Cc1nc(N2CCCN(S(=O)(=O)N3CCCC3)CC2)c2cccnc2n1. The smallest absolute Gasteiger partial charge is 0.282 e. The molecule has 2 aliphatic heterocycles. The van der Waals surface area contributed by atoms with Crippen LogP contribution in [0.3, 0.4) is 0 Å². The van der Waals surface area contributed by atoms with Gasteiger partial charge in [0.15, 0.2) is 5.65 Å². The number of rotatable bonds is 3. The van der Waals surface area contributed by atoms with Crippen molar-refractivity contribution in [3.63, 3.8) is 0 Å². The summed E-state index contributed by atoms with van der Waals surface area (Å²) in [4.78, 5) is 15.5. The van der Waals surface area contributed by atoms with Crippen LogP contribution >= 0.6 is 0 Å². The molecule has 0 aromatic carbocycles. The summed E-state index contributed by atoms with van der Waals surface area (Å²) in [6.45, 7) is 5.56. The number of fused-ring (bicyclic) bond motifs is 1. The van der Waals surface area contributed by atoms with E-state index < -0.39 is 10.2 Å². The van der Waals surface area contributed by atoms with Crippen molar-refractivity contribution >= 4 is 27.1 Å². The predicted octanol–water partition coefficient (Wildman–Crippen LogP) is 1.19. The van der Waals surface area contributed by atoms with Gasteiger partial charge in [0.2, 0.25) is 0 Å². The summed E-state index contributed by atoms with van der Waals surface area (Å²) < 4.78 is 28.9. The number of aryl methyl sites for hydroxylation is 1. The predicted molar refractivity (Wildman–Crippen MR) is 100 cm³/mol. The van der Waals surface area contributed by atoms with E-state index in [1.54, 1.807) is 14.8 Å². The first-order valence-corrected chi connectivity index (χ1v) is 10.5. The van der Waals surface area contributed by atoms with E-state index in [9.17, 15) is 8.42 Å². The van der Waals surface area contributed by atoms with Gasteiger partial charge >= 0.3 is 0 Å². The van der Waals surface area contributed by atoms with Crippen molar-refractivity contribution in [3.8, 4) is 0 Å². The van der Waals surface area contributed by atoms with Crippen molar-refractivity contribution in [3.05, 3.63) is 24.2 Å². The molecule has 26 heavy (non-hydrogen) atoms. The van der Waals surface area contributed by atoms with E-state index in [0.29, 0.717) is 44.2 Å². The van der Waals surface area contributed by atoms with Crippen molar-refractivity contribution in [2.24, 2.45) is 0 Å². The van der Waals surface area contributed by atoms with Crippen molar-refractivity contribution in [1.29, 1.82) is 0 Å². The first kappa shape index (κ1) is 17.6. The Balaban J connectivity index is 1.58. The van der Waals surface area contributed by atoms with Crippen molar-refractivity contribution < 1.29 is 8.42 Å². The van der Waals surface area contributed by atoms with E-state index in [4.69, 9.17) is 0 Å². The van der Waals surface area contributed by atoms with Crippen LogP contribution in [0.4, 0.5) is 5.82 Å². The molecule has 0 atom stereocenters. The van der Waals surface area contributed by atoms with Crippen LogP contribution in [-0.4, -0.2) is 71.2 Å². The van der Waals surface area contributed by atoms with Crippen LogP contribution in [0.25, 0.3) is 11.0 Å². The molecule has 2 saturated heterocycles. The highest BCUT2D eigenvalue weighted by atomic mass is 32.2. The van der Waals surface area contributed by atoms with E-state index in [1.807, 2.05) is 19.1 Å². The third-order valence-corrected chi connectivity index (χ3v) is 7.07. The highest BCUT2D eigenvalue weighted by Gasteiger charge is 2.33. The summed E-state index contributed by atoms with van der Waals surface area (Å²) in [7, 11) is -3.35. The van der Waals surface area contributed by atoms with Crippen LogP contribution in [0, 0.1) is 6.92 Å². The lowest BCUT2D eigenvalue weighted by Crippen LogP contribution is -2.44. The zero-order chi connectivity index (χ0) is 18.1. The fraction of sp³-hybridized carbons (Fsp3) is 0.588. The standard InChI is InChI=1S/C17H24N6O2S/c1-14-19-16-15(6-4-7-18-16)17(20-14)21-8-5-11-23(13-12-21)26(24,25)22-9-2-3-10-22/h4,6-7H,2-3,5,8-13H2,1H3. The molecule has 0 bridgehead atoms. The van der Waals surface area contributed by atoms with E-state index in [0.717, 1.165) is 37.0 Å². The van der Waals surface area contributed by atoms with Crippen LogP contribution in [0.5, 0.6) is 0 Å². The molecule has 140 valence electrons. The molecule has 4 rings (SSSR count). The number of hydrogen-bond acceptors (Lipinski definition) is 6. The molecule has 0 saturated carbocycles. The summed E-state index contributed by atoms with van der Waals surface area (Å²) in [6, 6.07) is 3.85. The normalized spacial score (nSPS) is 20.6. The van der Waals surface area contributed by atoms with E-state index >= 15 is 0 Å². The highest BCUT2D eigenvalue weighted by molar-refractivity contribution is 7.86. The molecule has 2 aromatic rings. The second-order valence-corrected chi connectivity index (χ2v) is 8.75. The number of aromatic nitrogens is 3. The van der Waals surface area contributed by atoms with Gasteiger partial charge in [-0.1, -0.05) is 0 Å². The number of hydrogen-bond donors (Lipinski definition) is 0. The molecule has 0 spiro atoms. The largest absolute Gasteiger partial charge is 0.355 e. The third-order valence-electron chi connectivity index (χ3n) is 5.04. The number of pyridine rings is 1. The van der Waals surface area contributed by atoms with E-state index in [-0.39, 0.29) is 0 Å². The molecule has 9 heteroatoms. The van der Waals surface area contributed by atoms with Crippen molar-refractivity contribution in [1.82, 2.24) is 23.6 Å². The average Bonchev–Trinajstić information content (AvgIpc) is 3.06. The zero-order valence-electron chi connectivity index (χ0n) is 15.0. The fourth-order valence-electron chi connectivity index (χ4n) is 3.71. The summed E-state index contributed by atoms with van der Waals surface area (Å²) in [5.74, 6) is 1.53. The lowest BCUT2D eigenvalue weighted by Gasteiger charge is -2.26. The molecule has 0 unspecified atom stereocenters.